The van der Waals surface area contributed by atoms with Gasteiger partial charge < -0.3 is 8.98 Å². The van der Waals surface area contributed by atoms with E-state index < -0.39 is 0 Å². The fraction of sp³-hybridized carbons (Fsp3) is 0. The van der Waals surface area contributed by atoms with Gasteiger partial charge in [-0.25, -0.2) is 15.0 Å². The normalized spacial score (nSPS) is 11.6. The number of fused-ring (bicyclic) bond motifs is 6. The molecule has 0 fully saturated rings. The molecule has 0 bridgehead atoms. The Bertz CT molecular complexity index is 2810. The van der Waals surface area contributed by atoms with E-state index in [1.54, 1.807) is 0 Å². The predicted molar refractivity (Wildman–Crippen MR) is 203 cm³/mol. The molecule has 3 heterocycles. The third kappa shape index (κ3) is 4.67. The number of furan rings is 1. The molecule has 0 spiro atoms. The Kier molecular flexibility index (Phi) is 6.42. The first kappa shape index (κ1) is 28.2. The van der Waals surface area contributed by atoms with Gasteiger partial charge in [-0.1, -0.05) is 115 Å². The molecule has 3 aromatic heterocycles. The molecule has 0 aliphatic rings. The van der Waals surface area contributed by atoms with Crippen molar-refractivity contribution in [2.75, 3.05) is 0 Å². The van der Waals surface area contributed by atoms with Crippen LogP contribution in [0.2, 0.25) is 0 Å². The second-order valence-electron chi connectivity index (χ2n) is 12.5. The number of hydrogen-bond donors (Lipinski definition) is 0. The summed E-state index contributed by atoms with van der Waals surface area (Å²) in [5.41, 5.74) is 10.2. The minimum absolute atomic E-state index is 0.613. The predicted octanol–water partition coefficient (Wildman–Crippen LogP) is 11.5. The van der Waals surface area contributed by atoms with Crippen LogP contribution in [0.4, 0.5) is 0 Å². The van der Waals surface area contributed by atoms with Crippen molar-refractivity contribution >= 4 is 43.7 Å². The van der Waals surface area contributed by atoms with E-state index in [1.165, 1.54) is 21.8 Å². The van der Waals surface area contributed by atoms with Gasteiger partial charge in [-0.15, -0.1) is 0 Å². The Morgan fingerprint density at radius 1 is 0.340 bits per heavy atom. The highest BCUT2D eigenvalue weighted by atomic mass is 16.3. The van der Waals surface area contributed by atoms with Crippen molar-refractivity contribution in [1.29, 1.82) is 0 Å². The summed E-state index contributed by atoms with van der Waals surface area (Å²) in [6.45, 7) is 0. The standard InChI is InChI=1S/C45H28N4O/c1-2-11-30(12-3-1)43-46-44(48-45(47-43)33-23-26-42-38(28-33)37-17-6-9-20-41(37)50-42)32-14-10-13-31(27-32)29-21-24-34(25-22-29)49-39-18-7-4-15-35(39)36-16-5-8-19-40(36)49/h1-28H. The van der Waals surface area contributed by atoms with Gasteiger partial charge >= 0.3 is 0 Å². The molecule has 10 rings (SSSR count). The number of hydrogen-bond acceptors (Lipinski definition) is 4. The van der Waals surface area contributed by atoms with Gasteiger partial charge in [-0.2, -0.15) is 0 Å². The molecule has 0 aliphatic heterocycles. The first-order valence-electron chi connectivity index (χ1n) is 16.7. The van der Waals surface area contributed by atoms with Gasteiger partial charge in [0.15, 0.2) is 17.5 Å². The van der Waals surface area contributed by atoms with Gasteiger partial charge in [0.05, 0.1) is 11.0 Å². The Labute approximate surface area is 287 Å². The summed E-state index contributed by atoms with van der Waals surface area (Å²) in [5, 5.41) is 4.61. The summed E-state index contributed by atoms with van der Waals surface area (Å²) in [6.07, 6.45) is 0. The summed E-state index contributed by atoms with van der Waals surface area (Å²) in [4.78, 5) is 15.0. The molecule has 50 heavy (non-hydrogen) atoms. The van der Waals surface area contributed by atoms with Crippen LogP contribution in [0, 0.1) is 0 Å². The van der Waals surface area contributed by atoms with E-state index >= 15 is 0 Å². The molecule has 0 amide bonds. The largest absolute Gasteiger partial charge is 0.456 e. The van der Waals surface area contributed by atoms with Crippen molar-refractivity contribution in [3.05, 3.63) is 170 Å². The van der Waals surface area contributed by atoms with Crippen molar-refractivity contribution in [1.82, 2.24) is 19.5 Å². The minimum atomic E-state index is 0.613. The first-order chi connectivity index (χ1) is 24.8. The van der Waals surface area contributed by atoms with Gasteiger partial charge in [-0.05, 0) is 65.7 Å². The average molecular weight is 641 g/mol. The van der Waals surface area contributed by atoms with Crippen LogP contribution in [-0.4, -0.2) is 19.5 Å². The topological polar surface area (TPSA) is 56.7 Å². The van der Waals surface area contributed by atoms with Gasteiger partial charge in [0.25, 0.3) is 0 Å². The number of rotatable bonds is 5. The van der Waals surface area contributed by atoms with Crippen molar-refractivity contribution < 1.29 is 4.42 Å². The lowest BCUT2D eigenvalue weighted by molar-refractivity contribution is 0.669. The third-order valence-electron chi connectivity index (χ3n) is 9.46. The lowest BCUT2D eigenvalue weighted by atomic mass is 10.0. The maximum Gasteiger partial charge on any atom is 0.164 e. The van der Waals surface area contributed by atoms with E-state index in [2.05, 4.69) is 114 Å². The van der Waals surface area contributed by atoms with Crippen LogP contribution in [0.5, 0.6) is 0 Å². The zero-order valence-corrected chi connectivity index (χ0v) is 26.9. The summed E-state index contributed by atoms with van der Waals surface area (Å²) in [6, 6.07) is 58.7. The molecule has 7 aromatic carbocycles. The zero-order valence-electron chi connectivity index (χ0n) is 26.9. The van der Waals surface area contributed by atoms with Gasteiger partial charge in [0.2, 0.25) is 0 Å². The quantitative estimate of drug-likeness (QED) is 0.188. The molecule has 0 aliphatic carbocycles. The lowest BCUT2D eigenvalue weighted by Gasteiger charge is -2.11. The molecule has 0 atom stereocenters. The van der Waals surface area contributed by atoms with E-state index in [-0.39, 0.29) is 0 Å². The summed E-state index contributed by atoms with van der Waals surface area (Å²) in [5.74, 6) is 1.86. The maximum absolute atomic E-state index is 6.10. The number of aromatic nitrogens is 4. The van der Waals surface area contributed by atoms with Crippen LogP contribution >= 0.6 is 0 Å². The van der Waals surface area contributed by atoms with Crippen LogP contribution < -0.4 is 0 Å². The van der Waals surface area contributed by atoms with Gasteiger partial charge in [0.1, 0.15) is 11.2 Å². The molecular formula is C45H28N4O. The van der Waals surface area contributed by atoms with Crippen LogP contribution in [0.1, 0.15) is 0 Å². The van der Waals surface area contributed by atoms with E-state index in [0.29, 0.717) is 17.5 Å². The molecule has 0 unspecified atom stereocenters. The Morgan fingerprint density at radius 3 is 1.58 bits per heavy atom. The molecule has 0 radical (unpaired) electrons. The van der Waals surface area contributed by atoms with E-state index in [4.69, 9.17) is 19.4 Å². The van der Waals surface area contributed by atoms with Crippen molar-refractivity contribution in [3.8, 4) is 51.0 Å². The van der Waals surface area contributed by atoms with Crippen molar-refractivity contribution in [2.45, 2.75) is 0 Å². The Morgan fingerprint density at radius 2 is 0.860 bits per heavy atom. The van der Waals surface area contributed by atoms with Crippen molar-refractivity contribution in [2.24, 2.45) is 0 Å². The minimum Gasteiger partial charge on any atom is -0.456 e. The maximum atomic E-state index is 6.10. The molecule has 0 saturated carbocycles. The zero-order chi connectivity index (χ0) is 33.0. The molecular weight excluding hydrogens is 613 g/mol. The fourth-order valence-electron chi connectivity index (χ4n) is 7.06. The average Bonchev–Trinajstić information content (AvgIpc) is 3.74. The molecule has 234 valence electrons. The Balaban J connectivity index is 1.06. The van der Waals surface area contributed by atoms with Gasteiger partial charge in [-0.3, -0.25) is 0 Å². The van der Waals surface area contributed by atoms with Crippen molar-refractivity contribution in [3.63, 3.8) is 0 Å². The smallest absolute Gasteiger partial charge is 0.164 e. The van der Waals surface area contributed by atoms with Crippen LogP contribution in [0.3, 0.4) is 0 Å². The number of nitrogens with zero attached hydrogens (tertiary/aromatic N) is 4. The highest BCUT2D eigenvalue weighted by Gasteiger charge is 2.16. The third-order valence-corrected chi connectivity index (χ3v) is 9.46. The highest BCUT2D eigenvalue weighted by molar-refractivity contribution is 6.09. The lowest BCUT2D eigenvalue weighted by Crippen LogP contribution is -2.00. The fourth-order valence-corrected chi connectivity index (χ4v) is 7.06. The second-order valence-corrected chi connectivity index (χ2v) is 12.5. The number of benzene rings is 7. The highest BCUT2D eigenvalue weighted by Crippen LogP contribution is 2.35. The van der Waals surface area contributed by atoms with Crippen LogP contribution in [0.25, 0.3) is 94.7 Å². The Hall–Kier alpha value is -6.85. The summed E-state index contributed by atoms with van der Waals surface area (Å²) >= 11 is 0. The molecule has 10 aromatic rings. The first-order valence-corrected chi connectivity index (χ1v) is 16.7. The van der Waals surface area contributed by atoms with Crippen LogP contribution in [0.15, 0.2) is 174 Å². The second kappa shape index (κ2) is 11.4. The molecule has 0 N–H and O–H groups in total. The van der Waals surface area contributed by atoms with E-state index in [1.807, 2.05) is 60.7 Å². The summed E-state index contributed by atoms with van der Waals surface area (Å²) in [7, 11) is 0. The number of para-hydroxylation sites is 3. The van der Waals surface area contributed by atoms with Crippen LogP contribution in [-0.2, 0) is 0 Å². The summed E-state index contributed by atoms with van der Waals surface area (Å²) < 4.78 is 8.44. The molecule has 5 heteroatoms. The van der Waals surface area contributed by atoms with E-state index in [0.717, 1.165) is 55.4 Å². The SMILES string of the molecule is c1ccc(-c2nc(-c3cccc(-c4ccc(-n5c6ccccc6c6ccccc65)cc4)c3)nc(-c3ccc4oc5ccccc5c4c3)n2)cc1. The molecule has 0 saturated heterocycles. The van der Waals surface area contributed by atoms with Gasteiger partial charge in [0, 0.05) is 43.9 Å². The monoisotopic (exact) mass is 640 g/mol. The van der Waals surface area contributed by atoms with E-state index in [9.17, 15) is 0 Å². The molecule has 5 nitrogen and oxygen atoms in total.